The SMILES string of the molecule is Cc1nc(C(=O)Nc2ccc(S(=O)(=O)N3CCCC(C)C3)cc2)c(-c2ccccc2)s1. The van der Waals surface area contributed by atoms with Crippen molar-refractivity contribution in [2.75, 3.05) is 18.4 Å². The maximum atomic E-state index is 12.9. The Kier molecular flexibility index (Phi) is 6.22. The zero-order chi connectivity index (χ0) is 22.0. The van der Waals surface area contributed by atoms with Gasteiger partial charge in [-0.25, -0.2) is 13.4 Å². The van der Waals surface area contributed by atoms with Crippen LogP contribution in [0.15, 0.2) is 59.5 Å². The highest BCUT2D eigenvalue weighted by Crippen LogP contribution is 2.31. The average Bonchev–Trinajstić information content (AvgIpc) is 3.17. The predicted octanol–water partition coefficient (Wildman–Crippen LogP) is 4.79. The predicted molar refractivity (Wildman–Crippen MR) is 124 cm³/mol. The maximum Gasteiger partial charge on any atom is 0.275 e. The fourth-order valence-electron chi connectivity index (χ4n) is 3.78. The quantitative estimate of drug-likeness (QED) is 0.600. The second-order valence-corrected chi connectivity index (χ2v) is 11.0. The number of thiazole rings is 1. The summed E-state index contributed by atoms with van der Waals surface area (Å²) in [7, 11) is -3.52. The Balaban J connectivity index is 1.52. The van der Waals surface area contributed by atoms with E-state index < -0.39 is 10.0 Å². The molecule has 162 valence electrons. The summed E-state index contributed by atoms with van der Waals surface area (Å²) in [6.45, 7) is 5.04. The number of anilines is 1. The van der Waals surface area contributed by atoms with Crippen molar-refractivity contribution < 1.29 is 13.2 Å². The fourth-order valence-corrected chi connectivity index (χ4v) is 6.30. The lowest BCUT2D eigenvalue weighted by Gasteiger charge is -2.30. The molecule has 1 amide bonds. The Hall–Kier alpha value is -2.55. The number of aryl methyl sites for hydroxylation is 1. The van der Waals surface area contributed by atoms with Crippen molar-refractivity contribution in [3.05, 3.63) is 65.3 Å². The molecule has 0 bridgehead atoms. The van der Waals surface area contributed by atoms with E-state index in [1.54, 1.807) is 28.6 Å². The third-order valence-corrected chi connectivity index (χ3v) is 8.25. The Morgan fingerprint density at radius 1 is 1.13 bits per heavy atom. The van der Waals surface area contributed by atoms with Crippen molar-refractivity contribution in [1.82, 2.24) is 9.29 Å². The summed E-state index contributed by atoms with van der Waals surface area (Å²) in [6, 6.07) is 16.0. The van der Waals surface area contributed by atoms with E-state index in [1.807, 2.05) is 37.3 Å². The van der Waals surface area contributed by atoms with Gasteiger partial charge in [0.05, 0.1) is 14.8 Å². The Bertz CT molecular complexity index is 1170. The molecule has 31 heavy (non-hydrogen) atoms. The van der Waals surface area contributed by atoms with E-state index in [9.17, 15) is 13.2 Å². The molecular weight excluding hydrogens is 430 g/mol. The molecule has 8 heteroatoms. The van der Waals surface area contributed by atoms with E-state index in [2.05, 4.69) is 17.2 Å². The zero-order valence-corrected chi connectivity index (χ0v) is 19.2. The van der Waals surface area contributed by atoms with Crippen LogP contribution in [0, 0.1) is 12.8 Å². The van der Waals surface area contributed by atoms with Gasteiger partial charge in [0.15, 0.2) is 0 Å². The summed E-state index contributed by atoms with van der Waals surface area (Å²) in [5.41, 5.74) is 1.84. The van der Waals surface area contributed by atoms with Gasteiger partial charge in [-0.05, 0) is 55.5 Å². The summed E-state index contributed by atoms with van der Waals surface area (Å²) in [4.78, 5) is 18.4. The van der Waals surface area contributed by atoms with Crippen LogP contribution in [-0.2, 0) is 10.0 Å². The largest absolute Gasteiger partial charge is 0.321 e. The minimum absolute atomic E-state index is 0.245. The summed E-state index contributed by atoms with van der Waals surface area (Å²) in [5.74, 6) is 0.0473. The topological polar surface area (TPSA) is 79.4 Å². The molecule has 1 fully saturated rings. The summed E-state index contributed by atoms with van der Waals surface area (Å²) >= 11 is 1.47. The molecule has 2 heterocycles. The molecule has 1 aliphatic rings. The summed E-state index contributed by atoms with van der Waals surface area (Å²) in [5, 5.41) is 3.65. The number of nitrogens with one attached hydrogen (secondary N) is 1. The first-order valence-corrected chi connectivity index (χ1v) is 12.5. The molecule has 0 radical (unpaired) electrons. The monoisotopic (exact) mass is 455 g/mol. The number of rotatable bonds is 5. The van der Waals surface area contributed by atoms with E-state index in [-0.39, 0.29) is 10.8 Å². The molecule has 1 aromatic heterocycles. The minimum Gasteiger partial charge on any atom is -0.321 e. The molecule has 6 nitrogen and oxygen atoms in total. The first-order chi connectivity index (χ1) is 14.8. The number of carbonyl (C=O) groups excluding carboxylic acids is 1. The highest BCUT2D eigenvalue weighted by atomic mass is 32.2. The minimum atomic E-state index is -3.52. The van der Waals surface area contributed by atoms with Gasteiger partial charge in [-0.2, -0.15) is 4.31 Å². The van der Waals surface area contributed by atoms with Crippen molar-refractivity contribution >= 4 is 33.0 Å². The summed E-state index contributed by atoms with van der Waals surface area (Å²) in [6.07, 6.45) is 1.93. The van der Waals surface area contributed by atoms with Gasteiger partial charge in [0.1, 0.15) is 5.69 Å². The van der Waals surface area contributed by atoms with Gasteiger partial charge in [0.25, 0.3) is 5.91 Å². The summed E-state index contributed by atoms with van der Waals surface area (Å²) < 4.78 is 27.4. The molecule has 3 aromatic rings. The van der Waals surface area contributed by atoms with Crippen LogP contribution in [0.3, 0.4) is 0 Å². The molecule has 0 aliphatic carbocycles. The maximum absolute atomic E-state index is 12.9. The van der Waals surface area contributed by atoms with Crippen molar-refractivity contribution in [2.24, 2.45) is 5.92 Å². The third kappa shape index (κ3) is 4.71. The third-order valence-electron chi connectivity index (χ3n) is 5.35. The van der Waals surface area contributed by atoms with Crippen molar-refractivity contribution in [1.29, 1.82) is 0 Å². The van der Waals surface area contributed by atoms with Crippen LogP contribution in [0.5, 0.6) is 0 Å². The molecule has 1 atom stereocenters. The Morgan fingerprint density at radius 2 is 1.84 bits per heavy atom. The van der Waals surface area contributed by atoms with Crippen LogP contribution in [-0.4, -0.2) is 36.7 Å². The molecule has 4 rings (SSSR count). The normalized spacial score (nSPS) is 17.4. The molecule has 1 aliphatic heterocycles. The first kappa shape index (κ1) is 21.7. The molecule has 1 unspecified atom stereocenters. The van der Waals surface area contributed by atoms with Crippen LogP contribution >= 0.6 is 11.3 Å². The van der Waals surface area contributed by atoms with Gasteiger partial charge in [-0.15, -0.1) is 11.3 Å². The number of amides is 1. The first-order valence-electron chi connectivity index (χ1n) is 10.3. The highest BCUT2D eigenvalue weighted by Gasteiger charge is 2.28. The number of carbonyl (C=O) groups is 1. The highest BCUT2D eigenvalue weighted by molar-refractivity contribution is 7.89. The number of piperidine rings is 1. The lowest BCUT2D eigenvalue weighted by atomic mass is 10.0. The molecule has 0 saturated carbocycles. The molecular formula is C23H25N3O3S2. The molecule has 2 aromatic carbocycles. The van der Waals surface area contributed by atoms with E-state index in [4.69, 9.17) is 0 Å². The van der Waals surface area contributed by atoms with E-state index in [1.165, 1.54) is 11.3 Å². The number of nitrogens with zero attached hydrogens (tertiary/aromatic N) is 2. The smallest absolute Gasteiger partial charge is 0.275 e. The van der Waals surface area contributed by atoms with Crippen molar-refractivity contribution in [3.8, 4) is 10.4 Å². The van der Waals surface area contributed by atoms with Crippen molar-refractivity contribution in [3.63, 3.8) is 0 Å². The van der Waals surface area contributed by atoms with Gasteiger partial charge in [0.2, 0.25) is 10.0 Å². The van der Waals surface area contributed by atoms with Crippen LogP contribution in [0.25, 0.3) is 10.4 Å². The molecule has 0 spiro atoms. The number of benzene rings is 2. The van der Waals surface area contributed by atoms with E-state index >= 15 is 0 Å². The number of hydrogen-bond donors (Lipinski definition) is 1. The Morgan fingerprint density at radius 3 is 2.52 bits per heavy atom. The molecule has 1 N–H and O–H groups in total. The van der Waals surface area contributed by atoms with Crippen LogP contribution in [0.1, 0.15) is 35.3 Å². The van der Waals surface area contributed by atoms with Crippen LogP contribution in [0.2, 0.25) is 0 Å². The number of hydrogen-bond acceptors (Lipinski definition) is 5. The van der Waals surface area contributed by atoms with Crippen LogP contribution in [0.4, 0.5) is 5.69 Å². The fraction of sp³-hybridized carbons (Fsp3) is 0.304. The zero-order valence-electron chi connectivity index (χ0n) is 17.5. The lowest BCUT2D eigenvalue weighted by Crippen LogP contribution is -2.39. The Labute approximate surface area is 187 Å². The number of aromatic nitrogens is 1. The van der Waals surface area contributed by atoms with Gasteiger partial charge < -0.3 is 5.32 Å². The number of sulfonamides is 1. The van der Waals surface area contributed by atoms with Gasteiger partial charge in [-0.1, -0.05) is 37.3 Å². The van der Waals surface area contributed by atoms with E-state index in [0.29, 0.717) is 30.4 Å². The van der Waals surface area contributed by atoms with Crippen LogP contribution < -0.4 is 5.32 Å². The van der Waals surface area contributed by atoms with Gasteiger partial charge in [-0.3, -0.25) is 4.79 Å². The standard InChI is InChI=1S/C23H25N3O3S2/c1-16-7-6-14-26(15-16)31(28,29)20-12-10-19(11-13-20)25-23(27)21-22(30-17(2)24-21)18-8-4-3-5-9-18/h3-5,8-13,16H,6-7,14-15H2,1-2H3,(H,25,27). The van der Waals surface area contributed by atoms with Gasteiger partial charge in [0, 0.05) is 18.8 Å². The van der Waals surface area contributed by atoms with E-state index in [0.717, 1.165) is 28.3 Å². The lowest BCUT2D eigenvalue weighted by molar-refractivity contribution is 0.102. The average molecular weight is 456 g/mol. The second kappa shape index (κ2) is 8.90. The second-order valence-electron chi connectivity index (χ2n) is 7.87. The van der Waals surface area contributed by atoms with Gasteiger partial charge >= 0.3 is 0 Å². The molecule has 1 saturated heterocycles. The van der Waals surface area contributed by atoms with Crippen molar-refractivity contribution in [2.45, 2.75) is 31.6 Å².